The predicted octanol–water partition coefficient (Wildman–Crippen LogP) is 3.24. The van der Waals surface area contributed by atoms with Crippen LogP contribution in [-0.4, -0.2) is 44.4 Å². The Balaban J connectivity index is 0.000000352. The second-order valence-electron chi connectivity index (χ2n) is 8.37. The van der Waals surface area contributed by atoms with Crippen LogP contribution < -0.4 is 0 Å². The Labute approximate surface area is 189 Å². The maximum atomic E-state index is 12.8. The third-order valence-electron chi connectivity index (χ3n) is 5.55. The molecule has 0 saturated carbocycles. The van der Waals surface area contributed by atoms with E-state index >= 15 is 0 Å². The second-order valence-corrected chi connectivity index (χ2v) is 8.37. The van der Waals surface area contributed by atoms with Gasteiger partial charge in [0.1, 0.15) is 5.60 Å². The summed E-state index contributed by atoms with van der Waals surface area (Å²) in [4.78, 5) is 14.4. The van der Waals surface area contributed by atoms with E-state index in [4.69, 9.17) is 5.11 Å². The van der Waals surface area contributed by atoms with Gasteiger partial charge in [-0.2, -0.15) is 0 Å². The molecule has 32 heavy (non-hydrogen) atoms. The first-order chi connectivity index (χ1) is 15.4. The van der Waals surface area contributed by atoms with Gasteiger partial charge in [-0.15, -0.1) is 0 Å². The van der Waals surface area contributed by atoms with E-state index in [2.05, 4.69) is 19.1 Å². The Kier molecular flexibility index (Phi) is 8.17. The van der Waals surface area contributed by atoms with Crippen LogP contribution in [0.5, 0.6) is 0 Å². The van der Waals surface area contributed by atoms with Crippen molar-refractivity contribution in [1.29, 1.82) is 0 Å². The highest BCUT2D eigenvalue weighted by molar-refractivity contribution is 5.86. The first-order valence-corrected chi connectivity index (χ1v) is 10.8. The van der Waals surface area contributed by atoms with Crippen LogP contribution in [-0.2, 0) is 24.4 Å². The third-order valence-corrected chi connectivity index (χ3v) is 5.55. The molecule has 3 aromatic rings. The van der Waals surface area contributed by atoms with Gasteiger partial charge in [-0.1, -0.05) is 90.5 Å². The van der Waals surface area contributed by atoms with Crippen molar-refractivity contribution in [2.75, 3.05) is 6.54 Å². The number of likely N-dealkylation sites (tertiary alicyclic amines) is 1. The van der Waals surface area contributed by atoms with Gasteiger partial charge < -0.3 is 20.2 Å². The monoisotopic (exact) mass is 433 g/mol. The third kappa shape index (κ3) is 6.50. The molecule has 1 saturated heterocycles. The van der Waals surface area contributed by atoms with E-state index in [-0.39, 0.29) is 31.9 Å². The number of hydrogen-bond donors (Lipinski definition) is 3. The number of aryl methyl sites for hydroxylation is 1. The molecule has 5 heteroatoms. The van der Waals surface area contributed by atoms with Gasteiger partial charge in [-0.05, 0) is 23.6 Å². The molecule has 1 fully saturated rings. The molecule has 1 aliphatic heterocycles. The largest absolute Gasteiger partial charge is 0.392 e. The smallest absolute Gasteiger partial charge is 0.255 e. The molecule has 168 valence electrons. The molecule has 2 atom stereocenters. The lowest BCUT2D eigenvalue weighted by Gasteiger charge is -2.40. The molecule has 0 radical (unpaired) electrons. The normalized spacial score (nSPS) is 20.4. The van der Waals surface area contributed by atoms with Crippen molar-refractivity contribution in [3.8, 4) is 0 Å². The zero-order valence-corrected chi connectivity index (χ0v) is 18.4. The van der Waals surface area contributed by atoms with Crippen molar-refractivity contribution >= 4 is 5.91 Å². The topological polar surface area (TPSA) is 81.0 Å². The molecule has 0 aliphatic carbocycles. The molecule has 5 nitrogen and oxygen atoms in total. The summed E-state index contributed by atoms with van der Waals surface area (Å²) in [6.45, 7) is 2.58. The molecule has 0 bridgehead atoms. The van der Waals surface area contributed by atoms with Crippen LogP contribution in [0.3, 0.4) is 0 Å². The van der Waals surface area contributed by atoms with Crippen LogP contribution in [0.4, 0.5) is 0 Å². The average molecular weight is 434 g/mol. The van der Waals surface area contributed by atoms with Crippen LogP contribution in [0.15, 0.2) is 84.9 Å². The maximum absolute atomic E-state index is 12.8. The summed E-state index contributed by atoms with van der Waals surface area (Å²) in [6, 6.07) is 26.9. The fraction of sp³-hybridized carbons (Fsp3) is 0.296. The van der Waals surface area contributed by atoms with Gasteiger partial charge >= 0.3 is 0 Å². The van der Waals surface area contributed by atoms with Crippen LogP contribution in [0, 0.1) is 6.92 Å². The van der Waals surface area contributed by atoms with Crippen LogP contribution >= 0.6 is 0 Å². The van der Waals surface area contributed by atoms with Crippen LogP contribution in [0.1, 0.15) is 28.7 Å². The molecule has 1 heterocycles. The zero-order valence-electron chi connectivity index (χ0n) is 18.4. The van der Waals surface area contributed by atoms with E-state index in [9.17, 15) is 15.0 Å². The highest BCUT2D eigenvalue weighted by Crippen LogP contribution is 2.28. The van der Waals surface area contributed by atoms with Crippen molar-refractivity contribution < 1.29 is 20.1 Å². The molecular formula is C27H31NO4. The van der Waals surface area contributed by atoms with E-state index in [1.165, 1.54) is 10.5 Å². The minimum absolute atomic E-state index is 0.0293. The van der Waals surface area contributed by atoms with E-state index in [1.807, 2.05) is 60.7 Å². The number of aliphatic hydroxyl groups is 3. The number of hydrogen-bond acceptors (Lipinski definition) is 4. The molecule has 0 spiro atoms. The van der Waals surface area contributed by atoms with Gasteiger partial charge in [0.15, 0.2) is 0 Å². The van der Waals surface area contributed by atoms with Crippen molar-refractivity contribution in [3.05, 3.63) is 107 Å². The SMILES string of the molecule is Cc1ccccc1.O=C1N(Cc2ccc(CO)cc2)CC(O)CC1(O)Cc1ccccc1. The first kappa shape index (κ1) is 23.7. The van der Waals surface area contributed by atoms with E-state index in [0.717, 1.165) is 16.7 Å². The van der Waals surface area contributed by atoms with Crippen LogP contribution in [0.2, 0.25) is 0 Å². The summed E-state index contributed by atoms with van der Waals surface area (Å²) in [5.74, 6) is -0.354. The number of rotatable bonds is 5. The van der Waals surface area contributed by atoms with Gasteiger partial charge in [0.05, 0.1) is 12.7 Å². The second kappa shape index (κ2) is 11.0. The lowest BCUT2D eigenvalue weighted by Crippen LogP contribution is -2.58. The lowest BCUT2D eigenvalue weighted by molar-refractivity contribution is -0.165. The van der Waals surface area contributed by atoms with Gasteiger partial charge in [-0.25, -0.2) is 0 Å². The fourth-order valence-corrected chi connectivity index (χ4v) is 3.90. The Bertz CT molecular complexity index is 976. The minimum atomic E-state index is -1.59. The number of amides is 1. The van der Waals surface area contributed by atoms with Crippen molar-refractivity contribution in [2.24, 2.45) is 0 Å². The van der Waals surface area contributed by atoms with E-state index in [1.54, 1.807) is 12.1 Å². The Morgan fingerprint density at radius 2 is 1.44 bits per heavy atom. The molecule has 1 aliphatic rings. The minimum Gasteiger partial charge on any atom is -0.392 e. The zero-order chi connectivity index (χ0) is 23.0. The number of piperidine rings is 1. The standard InChI is InChI=1S/C20H23NO4.C7H8/c22-14-17-8-6-16(7-9-17)12-21-13-18(23)11-20(25,19(21)24)10-15-4-2-1-3-5-15;1-7-5-3-2-4-6-7/h1-9,18,22-23,25H,10-14H2;2-6H,1H3. The summed E-state index contributed by atoms with van der Waals surface area (Å²) in [6.07, 6.45) is -0.534. The van der Waals surface area contributed by atoms with E-state index < -0.39 is 11.7 Å². The summed E-state index contributed by atoms with van der Waals surface area (Å²) < 4.78 is 0. The number of carbonyl (C=O) groups excluding carboxylic acids is 1. The number of aliphatic hydroxyl groups excluding tert-OH is 2. The Hall–Kier alpha value is -2.99. The number of benzene rings is 3. The Morgan fingerprint density at radius 1 is 0.875 bits per heavy atom. The van der Waals surface area contributed by atoms with Gasteiger partial charge in [0.2, 0.25) is 0 Å². The number of nitrogens with zero attached hydrogens (tertiary/aromatic N) is 1. The van der Waals surface area contributed by atoms with Crippen molar-refractivity contribution in [1.82, 2.24) is 4.90 Å². The summed E-state index contributed by atoms with van der Waals surface area (Å²) in [5, 5.41) is 30.2. The van der Waals surface area contributed by atoms with Crippen LogP contribution in [0.25, 0.3) is 0 Å². The van der Waals surface area contributed by atoms with Crippen molar-refractivity contribution in [2.45, 2.75) is 44.6 Å². The summed E-state index contributed by atoms with van der Waals surface area (Å²) in [5.41, 5.74) is 2.28. The fourth-order valence-electron chi connectivity index (χ4n) is 3.90. The van der Waals surface area contributed by atoms with Crippen molar-refractivity contribution in [3.63, 3.8) is 0 Å². The highest BCUT2D eigenvalue weighted by Gasteiger charge is 2.45. The predicted molar refractivity (Wildman–Crippen MR) is 125 cm³/mol. The Morgan fingerprint density at radius 3 is 1.97 bits per heavy atom. The number of carbonyl (C=O) groups is 1. The highest BCUT2D eigenvalue weighted by atomic mass is 16.3. The molecular weight excluding hydrogens is 402 g/mol. The summed E-state index contributed by atoms with van der Waals surface area (Å²) in [7, 11) is 0. The van der Waals surface area contributed by atoms with E-state index in [0.29, 0.717) is 6.54 Å². The first-order valence-electron chi connectivity index (χ1n) is 10.8. The van der Waals surface area contributed by atoms with Gasteiger partial charge in [0.25, 0.3) is 5.91 Å². The molecule has 3 N–H and O–H groups in total. The molecule has 2 unspecified atom stereocenters. The molecule has 0 aromatic heterocycles. The maximum Gasteiger partial charge on any atom is 0.255 e. The molecule has 1 amide bonds. The quantitative estimate of drug-likeness (QED) is 0.577. The van der Waals surface area contributed by atoms with Gasteiger partial charge in [-0.3, -0.25) is 4.79 Å². The summed E-state index contributed by atoms with van der Waals surface area (Å²) >= 11 is 0. The molecule has 4 rings (SSSR count). The number of β-amino-alcohol motifs (C(OH)–C–C–N with tert-alkyl or cyclic N) is 1. The van der Waals surface area contributed by atoms with Gasteiger partial charge in [0, 0.05) is 25.9 Å². The molecule has 3 aromatic carbocycles. The average Bonchev–Trinajstić information content (AvgIpc) is 2.79. The lowest BCUT2D eigenvalue weighted by atomic mass is 9.84.